The summed E-state index contributed by atoms with van der Waals surface area (Å²) in [7, 11) is 1.33. The molecule has 0 aromatic carbocycles. The monoisotopic (exact) mass is 376 g/mol. The Hall–Kier alpha value is -0.950. The van der Waals surface area contributed by atoms with Crippen molar-refractivity contribution in [2.24, 2.45) is 5.92 Å². The Morgan fingerprint density at radius 2 is 2.06 bits per heavy atom. The molecule has 1 aliphatic rings. The Bertz CT molecular complexity index is 487. The minimum Gasteiger partial charge on any atom is -0.469 e. The van der Waals surface area contributed by atoms with Crippen LogP contribution in [0.5, 0.6) is 0 Å². The van der Waals surface area contributed by atoms with Gasteiger partial charge in [0.1, 0.15) is 0 Å². The number of methoxy groups -OCH3 is 1. The summed E-state index contributed by atoms with van der Waals surface area (Å²) in [5, 5.41) is 0. The minimum atomic E-state index is -0.408. The van der Waals surface area contributed by atoms with Crippen LogP contribution in [0.2, 0.25) is 0 Å². The Balaban J connectivity index is 2.30. The minimum absolute atomic E-state index is 0.0991. The van der Waals surface area contributed by atoms with Crippen LogP contribution in [0.3, 0.4) is 0 Å². The molecule has 2 rings (SSSR count). The molecule has 0 saturated carbocycles. The summed E-state index contributed by atoms with van der Waals surface area (Å²) in [4.78, 5) is 29.0. The third-order valence-corrected chi connectivity index (χ3v) is 3.92. The summed E-state index contributed by atoms with van der Waals surface area (Å²) in [5.74, 6) is -0.861. The smallest absolute Gasteiger partial charge is 0.311 e. The van der Waals surface area contributed by atoms with Gasteiger partial charge >= 0.3 is 5.97 Å². The molecule has 2 heterocycles. The normalized spacial score (nSPS) is 19.2. The van der Waals surface area contributed by atoms with E-state index in [-0.39, 0.29) is 18.3 Å². The lowest BCUT2D eigenvalue weighted by molar-refractivity contribution is -0.145. The predicted molar refractivity (Wildman–Crippen MR) is 72.1 cm³/mol. The number of rotatable bonds is 2. The molecule has 18 heavy (non-hydrogen) atoms. The first-order valence-corrected chi connectivity index (χ1v) is 6.80. The van der Waals surface area contributed by atoms with Crippen LogP contribution in [0.4, 0.5) is 5.69 Å². The van der Waals surface area contributed by atoms with Crippen molar-refractivity contribution < 1.29 is 14.3 Å². The lowest BCUT2D eigenvalue weighted by atomic mass is 10.1. The molecule has 0 radical (unpaired) electrons. The highest BCUT2D eigenvalue weighted by molar-refractivity contribution is 9.11. The van der Waals surface area contributed by atoms with Gasteiger partial charge in [0.25, 0.3) is 0 Å². The van der Waals surface area contributed by atoms with Gasteiger partial charge in [-0.2, -0.15) is 0 Å². The number of hydrogen-bond acceptors (Lipinski definition) is 4. The molecule has 1 aromatic rings. The van der Waals surface area contributed by atoms with Gasteiger partial charge in [-0.05, 0) is 31.9 Å². The number of nitrogens with zero attached hydrogens (tertiary/aromatic N) is 2. The number of carbonyl (C=O) groups is 2. The van der Waals surface area contributed by atoms with Crippen molar-refractivity contribution in [3.05, 3.63) is 21.3 Å². The molecule has 1 unspecified atom stereocenters. The Labute approximate surface area is 121 Å². The molecule has 0 bridgehead atoms. The zero-order valence-corrected chi connectivity index (χ0v) is 12.7. The molecule has 1 amide bonds. The van der Waals surface area contributed by atoms with Gasteiger partial charge in [0.15, 0.2) is 0 Å². The van der Waals surface area contributed by atoms with E-state index in [0.717, 1.165) is 0 Å². The number of pyridine rings is 1. The summed E-state index contributed by atoms with van der Waals surface area (Å²) in [6.45, 7) is 0.326. The summed E-state index contributed by atoms with van der Waals surface area (Å²) in [6, 6.07) is 0. The number of amides is 1. The summed E-state index contributed by atoms with van der Waals surface area (Å²) in [5.41, 5.74) is 0.696. The van der Waals surface area contributed by atoms with Crippen LogP contribution in [-0.4, -0.2) is 30.5 Å². The molecule has 96 valence electrons. The number of esters is 1. The lowest BCUT2D eigenvalue weighted by Gasteiger charge is -2.19. The van der Waals surface area contributed by atoms with Crippen LogP contribution in [0, 0.1) is 5.92 Å². The van der Waals surface area contributed by atoms with Gasteiger partial charge in [-0.3, -0.25) is 14.6 Å². The van der Waals surface area contributed by atoms with E-state index in [9.17, 15) is 9.59 Å². The maximum Gasteiger partial charge on any atom is 0.311 e. The van der Waals surface area contributed by atoms with E-state index in [4.69, 9.17) is 0 Å². The summed E-state index contributed by atoms with van der Waals surface area (Å²) >= 11 is 6.71. The average Bonchev–Trinajstić information content (AvgIpc) is 2.70. The summed E-state index contributed by atoms with van der Waals surface area (Å²) in [6.07, 6.45) is 3.39. The van der Waals surface area contributed by atoms with Crippen LogP contribution in [0.25, 0.3) is 0 Å². The highest BCUT2D eigenvalue weighted by Gasteiger charge is 2.37. The van der Waals surface area contributed by atoms with Crippen molar-refractivity contribution in [2.75, 3.05) is 18.6 Å². The lowest BCUT2D eigenvalue weighted by Crippen LogP contribution is -2.27. The highest BCUT2D eigenvalue weighted by atomic mass is 79.9. The van der Waals surface area contributed by atoms with Crippen LogP contribution < -0.4 is 4.90 Å². The molecule has 5 nitrogen and oxygen atoms in total. The number of hydrogen-bond donors (Lipinski definition) is 0. The van der Waals surface area contributed by atoms with E-state index in [2.05, 4.69) is 41.6 Å². The van der Waals surface area contributed by atoms with Gasteiger partial charge < -0.3 is 9.64 Å². The molecule has 7 heteroatoms. The first-order chi connectivity index (χ1) is 8.54. The number of carbonyl (C=O) groups excluding carboxylic acids is 2. The van der Waals surface area contributed by atoms with Crippen molar-refractivity contribution in [3.63, 3.8) is 0 Å². The molecule has 0 aliphatic carbocycles. The summed E-state index contributed by atoms with van der Waals surface area (Å²) < 4.78 is 6.08. The molecule has 1 aromatic heterocycles. The third-order valence-electron chi connectivity index (χ3n) is 2.76. The molecule has 1 fully saturated rings. The number of ether oxygens (including phenoxy) is 1. The molecule has 0 spiro atoms. The van der Waals surface area contributed by atoms with Crippen molar-refractivity contribution >= 4 is 49.4 Å². The van der Waals surface area contributed by atoms with Gasteiger partial charge in [0, 0.05) is 25.4 Å². The van der Waals surface area contributed by atoms with Gasteiger partial charge in [0.2, 0.25) is 5.91 Å². The van der Waals surface area contributed by atoms with Crippen molar-refractivity contribution in [1.29, 1.82) is 0 Å². The van der Waals surface area contributed by atoms with E-state index in [0.29, 0.717) is 21.2 Å². The second kappa shape index (κ2) is 5.36. The van der Waals surface area contributed by atoms with Gasteiger partial charge in [0.05, 0.1) is 27.7 Å². The Morgan fingerprint density at radius 1 is 1.44 bits per heavy atom. The van der Waals surface area contributed by atoms with Gasteiger partial charge in [-0.25, -0.2) is 0 Å². The highest BCUT2D eigenvalue weighted by Crippen LogP contribution is 2.36. The number of aromatic nitrogens is 1. The van der Waals surface area contributed by atoms with E-state index in [1.54, 1.807) is 17.3 Å². The van der Waals surface area contributed by atoms with Crippen LogP contribution >= 0.6 is 31.9 Å². The molecule has 0 N–H and O–H groups in total. The number of halogens is 2. The zero-order valence-electron chi connectivity index (χ0n) is 9.52. The maximum absolute atomic E-state index is 12.0. The first-order valence-electron chi connectivity index (χ1n) is 5.21. The zero-order chi connectivity index (χ0) is 13.3. The maximum atomic E-state index is 12.0. The second-order valence-corrected chi connectivity index (χ2v) is 5.59. The fraction of sp³-hybridized carbons (Fsp3) is 0.364. The number of anilines is 1. The van der Waals surface area contributed by atoms with Crippen molar-refractivity contribution in [3.8, 4) is 0 Å². The molecular formula is C11H10Br2N2O3. The molecule has 1 saturated heterocycles. The van der Waals surface area contributed by atoms with Crippen LogP contribution in [0.1, 0.15) is 6.42 Å². The fourth-order valence-corrected chi connectivity index (χ4v) is 3.27. The predicted octanol–water partition coefficient (Wildman–Crippen LogP) is 2.13. The molecular weight excluding hydrogens is 368 g/mol. The third kappa shape index (κ3) is 2.42. The topological polar surface area (TPSA) is 59.5 Å². The van der Waals surface area contributed by atoms with Crippen molar-refractivity contribution in [2.45, 2.75) is 6.42 Å². The first kappa shape index (κ1) is 13.5. The van der Waals surface area contributed by atoms with E-state index in [1.165, 1.54) is 7.11 Å². The van der Waals surface area contributed by atoms with Crippen LogP contribution in [-0.2, 0) is 14.3 Å². The second-order valence-electron chi connectivity index (χ2n) is 3.88. The Kier molecular flexibility index (Phi) is 4.01. The van der Waals surface area contributed by atoms with E-state index < -0.39 is 5.92 Å². The van der Waals surface area contributed by atoms with Crippen LogP contribution in [0.15, 0.2) is 21.3 Å². The largest absolute Gasteiger partial charge is 0.469 e. The van der Waals surface area contributed by atoms with Gasteiger partial charge in [-0.15, -0.1) is 0 Å². The SMILES string of the molecule is COC(=O)C1CC(=O)N(c2c(Br)cncc2Br)C1. The molecule has 1 aliphatic heterocycles. The van der Waals surface area contributed by atoms with Gasteiger partial charge in [-0.1, -0.05) is 0 Å². The fourth-order valence-electron chi connectivity index (χ4n) is 1.91. The quantitative estimate of drug-likeness (QED) is 0.741. The van der Waals surface area contributed by atoms with E-state index in [1.807, 2.05) is 0 Å². The standard InChI is InChI=1S/C11H10Br2N2O3/c1-18-11(17)6-2-9(16)15(5-6)10-7(12)3-14-4-8(10)13/h3-4,6H,2,5H2,1H3. The van der Waals surface area contributed by atoms with Crippen molar-refractivity contribution in [1.82, 2.24) is 4.98 Å². The average molecular weight is 378 g/mol. The Morgan fingerprint density at radius 3 is 2.61 bits per heavy atom. The van der Waals surface area contributed by atoms with E-state index >= 15 is 0 Å². The molecule has 1 atom stereocenters.